The number of aliphatic hydroxyl groups excluding tert-OH is 2. The quantitative estimate of drug-likeness (QED) is 0.712. The minimum Gasteiger partial charge on any atom is -0.485 e. The Morgan fingerprint density at radius 2 is 2.00 bits per heavy atom. The molecule has 0 fully saturated rings. The molecule has 0 aliphatic heterocycles. The molecule has 8 heteroatoms. The Kier molecular flexibility index (Phi) is 6.65. The molecule has 0 bridgehead atoms. The number of aromatic nitrogens is 2. The van der Waals surface area contributed by atoms with E-state index in [9.17, 15) is 14.6 Å². The molecule has 0 amide bonds. The number of aliphatic hydroxyl groups is 2. The number of hydrogen-bond donors (Lipinski definition) is 2. The van der Waals surface area contributed by atoms with Gasteiger partial charge in [0.05, 0.1) is 19.3 Å². The van der Waals surface area contributed by atoms with Crippen molar-refractivity contribution in [3.63, 3.8) is 0 Å². The van der Waals surface area contributed by atoms with Gasteiger partial charge in [0.15, 0.2) is 6.61 Å². The molecule has 2 rings (SSSR count). The molecule has 132 valence electrons. The van der Waals surface area contributed by atoms with Crippen molar-refractivity contribution in [1.82, 2.24) is 15.0 Å². The maximum atomic E-state index is 12.8. The van der Waals surface area contributed by atoms with Gasteiger partial charge in [-0.05, 0) is 38.1 Å². The van der Waals surface area contributed by atoms with Gasteiger partial charge < -0.3 is 19.5 Å². The minimum absolute atomic E-state index is 0.0403. The Morgan fingerprint density at radius 3 is 2.62 bits per heavy atom. The zero-order valence-electron chi connectivity index (χ0n) is 13.7. The smallest absolute Gasteiger partial charge is 0.240 e. The third-order valence-electron chi connectivity index (χ3n) is 3.42. The van der Waals surface area contributed by atoms with E-state index in [4.69, 9.17) is 9.26 Å². The Hall–Kier alpha value is -2.03. The van der Waals surface area contributed by atoms with Gasteiger partial charge in [0, 0.05) is 12.6 Å². The number of ether oxygens (including phenoxy) is 1. The Morgan fingerprint density at radius 1 is 1.29 bits per heavy atom. The van der Waals surface area contributed by atoms with Crippen LogP contribution in [0.1, 0.15) is 25.6 Å². The molecule has 2 unspecified atom stereocenters. The second kappa shape index (κ2) is 8.72. The lowest BCUT2D eigenvalue weighted by Gasteiger charge is -2.27. The summed E-state index contributed by atoms with van der Waals surface area (Å²) in [6, 6.07) is 5.50. The van der Waals surface area contributed by atoms with Crippen molar-refractivity contribution in [2.45, 2.75) is 39.1 Å². The van der Waals surface area contributed by atoms with E-state index in [0.29, 0.717) is 30.6 Å². The molecule has 0 radical (unpaired) electrons. The summed E-state index contributed by atoms with van der Waals surface area (Å²) in [6.07, 6.45) is -0.539. The van der Waals surface area contributed by atoms with E-state index in [1.807, 2.05) is 11.8 Å². The van der Waals surface area contributed by atoms with Crippen LogP contribution in [0, 0.1) is 5.82 Å². The molecule has 1 aromatic heterocycles. The fourth-order valence-electron chi connectivity index (χ4n) is 2.12. The van der Waals surface area contributed by atoms with Crippen LogP contribution < -0.4 is 4.74 Å². The SMILES string of the molecule is CC(O)CN(Cc1nc(COc2ccc(F)cc2)no1)C(C)CO. The molecule has 2 aromatic rings. The maximum absolute atomic E-state index is 12.8. The van der Waals surface area contributed by atoms with Gasteiger partial charge in [0.1, 0.15) is 11.6 Å². The molecule has 1 aromatic carbocycles. The molecule has 0 aliphatic carbocycles. The zero-order valence-corrected chi connectivity index (χ0v) is 13.7. The van der Waals surface area contributed by atoms with Crippen LogP contribution in [0.5, 0.6) is 5.75 Å². The highest BCUT2D eigenvalue weighted by molar-refractivity contribution is 5.22. The van der Waals surface area contributed by atoms with E-state index in [0.717, 1.165) is 0 Å². The highest BCUT2D eigenvalue weighted by Crippen LogP contribution is 2.13. The summed E-state index contributed by atoms with van der Waals surface area (Å²) >= 11 is 0. The lowest BCUT2D eigenvalue weighted by atomic mass is 10.2. The molecule has 0 saturated heterocycles. The first-order valence-electron chi connectivity index (χ1n) is 7.70. The van der Waals surface area contributed by atoms with Gasteiger partial charge in [-0.3, -0.25) is 4.90 Å². The summed E-state index contributed by atoms with van der Waals surface area (Å²) in [7, 11) is 0. The predicted molar refractivity (Wildman–Crippen MR) is 83.7 cm³/mol. The van der Waals surface area contributed by atoms with Crippen LogP contribution in [-0.4, -0.2) is 50.6 Å². The second-order valence-corrected chi connectivity index (χ2v) is 5.66. The van der Waals surface area contributed by atoms with Crippen LogP contribution in [0.3, 0.4) is 0 Å². The third-order valence-corrected chi connectivity index (χ3v) is 3.42. The van der Waals surface area contributed by atoms with Crippen molar-refractivity contribution in [3.05, 3.63) is 41.8 Å². The molecule has 0 saturated carbocycles. The van der Waals surface area contributed by atoms with E-state index in [-0.39, 0.29) is 25.1 Å². The molecule has 0 spiro atoms. The van der Waals surface area contributed by atoms with Gasteiger partial charge in [-0.15, -0.1) is 0 Å². The summed E-state index contributed by atoms with van der Waals surface area (Å²) < 4.78 is 23.5. The van der Waals surface area contributed by atoms with Gasteiger partial charge in [-0.25, -0.2) is 4.39 Å². The summed E-state index contributed by atoms with van der Waals surface area (Å²) in [5.74, 6) is 0.907. The summed E-state index contributed by atoms with van der Waals surface area (Å²) in [5.41, 5.74) is 0. The lowest BCUT2D eigenvalue weighted by Crippen LogP contribution is -2.39. The van der Waals surface area contributed by atoms with Gasteiger partial charge in [0.2, 0.25) is 11.7 Å². The molecular formula is C16H22FN3O4. The van der Waals surface area contributed by atoms with Crippen molar-refractivity contribution >= 4 is 0 Å². The molecular weight excluding hydrogens is 317 g/mol. The summed E-state index contributed by atoms with van der Waals surface area (Å²) in [6.45, 7) is 4.27. The number of rotatable bonds is 9. The maximum Gasteiger partial charge on any atom is 0.240 e. The third kappa shape index (κ3) is 5.55. The van der Waals surface area contributed by atoms with E-state index >= 15 is 0 Å². The fourth-order valence-corrected chi connectivity index (χ4v) is 2.12. The first-order chi connectivity index (χ1) is 11.5. The van der Waals surface area contributed by atoms with E-state index < -0.39 is 6.10 Å². The van der Waals surface area contributed by atoms with E-state index in [1.54, 1.807) is 6.92 Å². The normalized spacial score (nSPS) is 13.9. The average molecular weight is 339 g/mol. The average Bonchev–Trinajstić information content (AvgIpc) is 3.00. The molecule has 0 aliphatic rings. The Balaban J connectivity index is 1.92. The molecule has 1 heterocycles. The van der Waals surface area contributed by atoms with Gasteiger partial charge in [-0.1, -0.05) is 5.16 Å². The van der Waals surface area contributed by atoms with E-state index in [1.165, 1.54) is 24.3 Å². The highest BCUT2D eigenvalue weighted by Gasteiger charge is 2.19. The van der Waals surface area contributed by atoms with Crippen LogP contribution in [-0.2, 0) is 13.2 Å². The van der Waals surface area contributed by atoms with Crippen molar-refractivity contribution in [3.8, 4) is 5.75 Å². The summed E-state index contributed by atoms with van der Waals surface area (Å²) in [5, 5.41) is 22.7. The topological polar surface area (TPSA) is 91.9 Å². The van der Waals surface area contributed by atoms with Crippen LogP contribution >= 0.6 is 0 Å². The standard InChI is InChI=1S/C16H22FN3O4/c1-11(9-21)20(7-12(2)22)8-16-18-15(19-24-16)10-23-14-5-3-13(17)4-6-14/h3-6,11-12,21-22H,7-10H2,1-2H3. The molecule has 24 heavy (non-hydrogen) atoms. The lowest BCUT2D eigenvalue weighted by molar-refractivity contribution is 0.0646. The number of benzene rings is 1. The minimum atomic E-state index is -0.539. The van der Waals surface area contributed by atoms with Crippen LogP contribution in [0.25, 0.3) is 0 Å². The van der Waals surface area contributed by atoms with Crippen molar-refractivity contribution in [1.29, 1.82) is 0 Å². The first-order valence-corrected chi connectivity index (χ1v) is 7.70. The first kappa shape index (κ1) is 18.3. The highest BCUT2D eigenvalue weighted by atomic mass is 19.1. The van der Waals surface area contributed by atoms with Crippen LogP contribution in [0.15, 0.2) is 28.8 Å². The predicted octanol–water partition coefficient (Wildman–Crippen LogP) is 1.35. The van der Waals surface area contributed by atoms with Crippen molar-refractivity contribution in [2.75, 3.05) is 13.2 Å². The number of halogens is 1. The van der Waals surface area contributed by atoms with Gasteiger partial charge >= 0.3 is 0 Å². The zero-order chi connectivity index (χ0) is 17.5. The second-order valence-electron chi connectivity index (χ2n) is 5.66. The summed E-state index contributed by atoms with van der Waals surface area (Å²) in [4.78, 5) is 6.07. The van der Waals surface area contributed by atoms with E-state index in [2.05, 4.69) is 10.1 Å². The van der Waals surface area contributed by atoms with Crippen molar-refractivity contribution < 1.29 is 23.9 Å². The molecule has 2 N–H and O–H groups in total. The Labute approximate surface area is 139 Å². The molecule has 7 nitrogen and oxygen atoms in total. The monoisotopic (exact) mass is 339 g/mol. The fraction of sp³-hybridized carbons (Fsp3) is 0.500. The van der Waals surface area contributed by atoms with Crippen molar-refractivity contribution in [2.24, 2.45) is 0 Å². The molecule has 2 atom stereocenters. The largest absolute Gasteiger partial charge is 0.485 e. The van der Waals surface area contributed by atoms with Crippen LogP contribution in [0.2, 0.25) is 0 Å². The van der Waals surface area contributed by atoms with Gasteiger partial charge in [-0.2, -0.15) is 4.98 Å². The number of hydrogen-bond acceptors (Lipinski definition) is 7. The van der Waals surface area contributed by atoms with Crippen LogP contribution in [0.4, 0.5) is 4.39 Å². The van der Waals surface area contributed by atoms with Gasteiger partial charge in [0.25, 0.3) is 0 Å². The number of nitrogens with zero attached hydrogens (tertiary/aromatic N) is 3. The Bertz CT molecular complexity index is 618.